The SMILES string of the molecule is Cc1ccc2c(n1)c(O)c(C(=O)O)c(=O)n2CCS(=O)(=O)N(C)C. The molecule has 9 nitrogen and oxygen atoms in total. The summed E-state index contributed by atoms with van der Waals surface area (Å²) >= 11 is 0. The molecule has 24 heavy (non-hydrogen) atoms. The number of fused-ring (bicyclic) bond motifs is 1. The molecule has 2 rings (SSSR count). The van der Waals surface area contributed by atoms with E-state index in [1.54, 1.807) is 13.0 Å². The number of pyridine rings is 2. The molecule has 0 aliphatic heterocycles. The Kier molecular flexibility index (Phi) is 4.63. The Morgan fingerprint density at radius 3 is 2.50 bits per heavy atom. The first-order valence-electron chi connectivity index (χ1n) is 6.93. The Morgan fingerprint density at radius 1 is 1.33 bits per heavy atom. The maximum absolute atomic E-state index is 12.4. The summed E-state index contributed by atoms with van der Waals surface area (Å²) in [5.74, 6) is -2.72. The summed E-state index contributed by atoms with van der Waals surface area (Å²) in [6, 6.07) is 3.07. The zero-order valence-electron chi connectivity index (χ0n) is 13.3. The van der Waals surface area contributed by atoms with Gasteiger partial charge in [0.1, 0.15) is 5.52 Å². The van der Waals surface area contributed by atoms with Crippen molar-refractivity contribution in [3.8, 4) is 5.75 Å². The molecule has 0 amide bonds. The van der Waals surface area contributed by atoms with E-state index in [1.807, 2.05) is 0 Å². The van der Waals surface area contributed by atoms with Crippen LogP contribution in [0.15, 0.2) is 16.9 Å². The highest BCUT2D eigenvalue weighted by atomic mass is 32.2. The number of rotatable bonds is 5. The lowest BCUT2D eigenvalue weighted by molar-refractivity contribution is 0.0691. The van der Waals surface area contributed by atoms with E-state index in [-0.39, 0.29) is 17.6 Å². The lowest BCUT2D eigenvalue weighted by atomic mass is 10.2. The number of aromatic carboxylic acids is 1. The minimum atomic E-state index is -3.59. The van der Waals surface area contributed by atoms with E-state index in [9.17, 15) is 28.2 Å². The van der Waals surface area contributed by atoms with Crippen LogP contribution in [0.1, 0.15) is 16.1 Å². The van der Waals surface area contributed by atoms with Crippen molar-refractivity contribution in [3.05, 3.63) is 33.7 Å². The maximum atomic E-state index is 12.4. The van der Waals surface area contributed by atoms with Gasteiger partial charge in [-0.15, -0.1) is 0 Å². The Bertz CT molecular complexity index is 978. The number of nitrogens with zero attached hydrogens (tertiary/aromatic N) is 3. The predicted octanol–water partition coefficient (Wildman–Crippen LogP) is 0.000120. The molecule has 0 fully saturated rings. The maximum Gasteiger partial charge on any atom is 0.345 e. The Balaban J connectivity index is 2.73. The van der Waals surface area contributed by atoms with E-state index in [0.717, 1.165) is 8.87 Å². The van der Waals surface area contributed by atoms with Gasteiger partial charge in [0.2, 0.25) is 10.0 Å². The van der Waals surface area contributed by atoms with Gasteiger partial charge < -0.3 is 14.8 Å². The van der Waals surface area contributed by atoms with E-state index in [2.05, 4.69) is 4.98 Å². The Morgan fingerprint density at radius 2 is 1.96 bits per heavy atom. The summed E-state index contributed by atoms with van der Waals surface area (Å²) < 4.78 is 25.9. The van der Waals surface area contributed by atoms with Crippen LogP contribution in [0.4, 0.5) is 0 Å². The third kappa shape index (κ3) is 3.10. The number of aromatic nitrogens is 2. The average molecular weight is 355 g/mol. The van der Waals surface area contributed by atoms with Gasteiger partial charge in [0, 0.05) is 26.3 Å². The van der Waals surface area contributed by atoms with E-state index in [1.165, 1.54) is 20.2 Å². The van der Waals surface area contributed by atoms with Crippen molar-refractivity contribution in [2.45, 2.75) is 13.5 Å². The molecule has 0 radical (unpaired) electrons. The third-order valence-electron chi connectivity index (χ3n) is 3.57. The number of carboxylic acids is 1. The zero-order valence-corrected chi connectivity index (χ0v) is 14.2. The molecule has 2 aromatic heterocycles. The number of aromatic hydroxyl groups is 1. The number of carboxylic acid groups (broad SMARTS) is 1. The predicted molar refractivity (Wildman–Crippen MR) is 86.8 cm³/mol. The van der Waals surface area contributed by atoms with Crippen LogP contribution in [0.25, 0.3) is 11.0 Å². The number of hydrogen-bond donors (Lipinski definition) is 2. The Hall–Kier alpha value is -2.46. The number of carbonyl (C=O) groups is 1. The molecule has 0 atom stereocenters. The molecule has 10 heteroatoms. The van der Waals surface area contributed by atoms with E-state index >= 15 is 0 Å². The summed E-state index contributed by atoms with van der Waals surface area (Å²) in [5.41, 5.74) is -1.19. The van der Waals surface area contributed by atoms with Gasteiger partial charge in [-0.25, -0.2) is 22.5 Å². The summed E-state index contributed by atoms with van der Waals surface area (Å²) in [5, 5.41) is 19.3. The van der Waals surface area contributed by atoms with Crippen LogP contribution in [0.2, 0.25) is 0 Å². The minimum absolute atomic E-state index is 0.0609. The highest BCUT2D eigenvalue weighted by Crippen LogP contribution is 2.25. The van der Waals surface area contributed by atoms with E-state index in [4.69, 9.17) is 0 Å². The molecule has 0 aliphatic rings. The van der Waals surface area contributed by atoms with Gasteiger partial charge in [0.05, 0.1) is 11.3 Å². The largest absolute Gasteiger partial charge is 0.505 e. The van der Waals surface area contributed by atoms with Gasteiger partial charge in [-0.3, -0.25) is 4.79 Å². The van der Waals surface area contributed by atoms with Gasteiger partial charge >= 0.3 is 5.97 Å². The zero-order chi connectivity index (χ0) is 18.2. The van der Waals surface area contributed by atoms with Crippen molar-refractivity contribution in [1.82, 2.24) is 13.9 Å². The quantitative estimate of drug-likeness (QED) is 0.772. The van der Waals surface area contributed by atoms with Crippen LogP contribution >= 0.6 is 0 Å². The van der Waals surface area contributed by atoms with Gasteiger partial charge in [-0.05, 0) is 19.1 Å². The average Bonchev–Trinajstić information content (AvgIpc) is 2.47. The van der Waals surface area contributed by atoms with Gasteiger partial charge in [0.15, 0.2) is 11.3 Å². The van der Waals surface area contributed by atoms with Crippen molar-refractivity contribution < 1.29 is 23.4 Å². The topological polar surface area (TPSA) is 130 Å². The van der Waals surface area contributed by atoms with E-state index in [0.29, 0.717) is 5.69 Å². The van der Waals surface area contributed by atoms with Crippen molar-refractivity contribution in [2.24, 2.45) is 0 Å². The molecular formula is C14H17N3O6S. The number of hydrogen-bond acceptors (Lipinski definition) is 6. The molecule has 0 saturated heterocycles. The lowest BCUT2D eigenvalue weighted by Crippen LogP contribution is -2.32. The first-order valence-corrected chi connectivity index (χ1v) is 8.53. The van der Waals surface area contributed by atoms with Crippen LogP contribution < -0.4 is 5.56 Å². The fourth-order valence-electron chi connectivity index (χ4n) is 2.21. The molecule has 2 aromatic rings. The molecule has 0 spiro atoms. The molecular weight excluding hydrogens is 338 g/mol. The second-order valence-corrected chi connectivity index (χ2v) is 7.71. The van der Waals surface area contributed by atoms with Crippen LogP contribution in [0, 0.1) is 6.92 Å². The van der Waals surface area contributed by atoms with Crippen molar-refractivity contribution in [2.75, 3.05) is 19.8 Å². The van der Waals surface area contributed by atoms with Crippen LogP contribution in [-0.4, -0.2) is 58.3 Å². The lowest BCUT2D eigenvalue weighted by Gasteiger charge is -2.15. The second kappa shape index (κ2) is 6.21. The number of sulfonamides is 1. The van der Waals surface area contributed by atoms with E-state index < -0.39 is 38.6 Å². The summed E-state index contributed by atoms with van der Waals surface area (Å²) in [6.45, 7) is 1.38. The summed E-state index contributed by atoms with van der Waals surface area (Å²) in [6.07, 6.45) is 0. The van der Waals surface area contributed by atoms with Crippen LogP contribution in [0.5, 0.6) is 5.75 Å². The standard InChI is InChI=1S/C14H17N3O6S/c1-8-4-5-9-11(15-8)12(18)10(14(20)21)13(19)17(9)6-7-24(22,23)16(2)3/h4-5,18H,6-7H2,1-3H3,(H,20,21). The second-order valence-electron chi connectivity index (χ2n) is 5.40. The van der Waals surface area contributed by atoms with Crippen molar-refractivity contribution in [3.63, 3.8) is 0 Å². The minimum Gasteiger partial charge on any atom is -0.505 e. The molecule has 0 saturated carbocycles. The monoisotopic (exact) mass is 355 g/mol. The fraction of sp³-hybridized carbons (Fsp3) is 0.357. The van der Waals surface area contributed by atoms with Gasteiger partial charge in [0.25, 0.3) is 5.56 Å². The van der Waals surface area contributed by atoms with Crippen molar-refractivity contribution in [1.29, 1.82) is 0 Å². The van der Waals surface area contributed by atoms with Crippen molar-refractivity contribution >= 4 is 27.0 Å². The molecule has 0 bridgehead atoms. The first-order chi connectivity index (χ1) is 11.1. The molecule has 2 heterocycles. The van der Waals surface area contributed by atoms with Gasteiger partial charge in [-0.2, -0.15) is 0 Å². The van der Waals surface area contributed by atoms with Crippen LogP contribution in [-0.2, 0) is 16.6 Å². The fourth-order valence-corrected chi connectivity index (χ4v) is 2.99. The van der Waals surface area contributed by atoms with Crippen LogP contribution in [0.3, 0.4) is 0 Å². The normalized spacial score (nSPS) is 12.0. The highest BCUT2D eigenvalue weighted by Gasteiger charge is 2.24. The highest BCUT2D eigenvalue weighted by molar-refractivity contribution is 7.89. The Labute approximate surface area is 137 Å². The molecule has 0 unspecified atom stereocenters. The molecule has 0 aromatic carbocycles. The summed E-state index contributed by atoms with van der Waals surface area (Å²) in [7, 11) is -0.866. The molecule has 0 aliphatic carbocycles. The first kappa shape index (κ1) is 17.9. The molecule has 130 valence electrons. The third-order valence-corrected chi connectivity index (χ3v) is 5.38. The summed E-state index contributed by atoms with van der Waals surface area (Å²) in [4.78, 5) is 27.8. The van der Waals surface area contributed by atoms with Gasteiger partial charge in [-0.1, -0.05) is 0 Å². The molecule has 2 N–H and O–H groups in total. The smallest absolute Gasteiger partial charge is 0.345 e. The number of aryl methyl sites for hydroxylation is 2.